The number of hydrogen-bond donors (Lipinski definition) is 1. The molecule has 0 saturated carbocycles. The summed E-state index contributed by atoms with van der Waals surface area (Å²) in [7, 11) is 0. The summed E-state index contributed by atoms with van der Waals surface area (Å²) < 4.78 is 5.70. The van der Waals surface area contributed by atoms with Crippen molar-refractivity contribution < 1.29 is 9.53 Å². The third kappa shape index (κ3) is 3.06. The van der Waals surface area contributed by atoms with E-state index in [1.807, 2.05) is 6.07 Å². The third-order valence-corrected chi connectivity index (χ3v) is 3.59. The summed E-state index contributed by atoms with van der Waals surface area (Å²) in [4.78, 5) is 25.0. The van der Waals surface area contributed by atoms with Crippen LogP contribution in [0.3, 0.4) is 0 Å². The van der Waals surface area contributed by atoms with Crippen LogP contribution in [0.4, 0.5) is 0 Å². The Morgan fingerprint density at radius 1 is 1.36 bits per heavy atom. The molecule has 0 atom stereocenters. The summed E-state index contributed by atoms with van der Waals surface area (Å²) in [6.45, 7) is 1.22. The minimum Gasteiger partial charge on any atom is -0.460 e. The fraction of sp³-hybridized carbons (Fsp3) is 0.333. The number of aromatic amines is 1. The standard InChI is InChI=1S/C15H15N5O2/c16-9-11-8-13(19-10-11)14(21)20-6-2-12(3-7-20)22-15-17-4-1-5-18-15/h1,4-5,8,10,12,19H,2-3,6-7H2. The van der Waals surface area contributed by atoms with E-state index >= 15 is 0 Å². The Morgan fingerprint density at radius 3 is 2.73 bits per heavy atom. The van der Waals surface area contributed by atoms with Gasteiger partial charge in [-0.1, -0.05) is 0 Å². The number of H-pyrrole nitrogens is 1. The Bertz CT molecular complexity index is 683. The van der Waals surface area contributed by atoms with Gasteiger partial charge in [-0.15, -0.1) is 0 Å². The van der Waals surface area contributed by atoms with Gasteiger partial charge in [0.25, 0.3) is 5.91 Å². The first-order chi connectivity index (χ1) is 10.8. The largest absolute Gasteiger partial charge is 0.460 e. The monoisotopic (exact) mass is 297 g/mol. The molecule has 1 fully saturated rings. The lowest BCUT2D eigenvalue weighted by atomic mass is 10.1. The Balaban J connectivity index is 1.55. The first-order valence-corrected chi connectivity index (χ1v) is 7.08. The van der Waals surface area contributed by atoms with E-state index in [4.69, 9.17) is 10.00 Å². The Hall–Kier alpha value is -2.88. The SMILES string of the molecule is N#Cc1c[nH]c(C(=O)N2CCC(Oc3ncccn3)CC2)c1. The van der Waals surface area contributed by atoms with Crippen molar-refractivity contribution in [2.24, 2.45) is 0 Å². The molecule has 0 radical (unpaired) electrons. The fourth-order valence-corrected chi connectivity index (χ4v) is 2.42. The number of likely N-dealkylation sites (tertiary alicyclic amines) is 1. The number of nitrogens with zero attached hydrogens (tertiary/aromatic N) is 4. The van der Waals surface area contributed by atoms with E-state index in [0.29, 0.717) is 30.4 Å². The van der Waals surface area contributed by atoms with E-state index in [0.717, 1.165) is 12.8 Å². The maximum atomic E-state index is 12.3. The van der Waals surface area contributed by atoms with Gasteiger partial charge in [0.05, 0.1) is 5.56 Å². The number of aromatic nitrogens is 3. The van der Waals surface area contributed by atoms with Gasteiger partial charge in [-0.2, -0.15) is 5.26 Å². The molecule has 0 unspecified atom stereocenters. The van der Waals surface area contributed by atoms with Crippen molar-refractivity contribution >= 4 is 5.91 Å². The Morgan fingerprint density at radius 2 is 2.09 bits per heavy atom. The lowest BCUT2D eigenvalue weighted by Gasteiger charge is -2.31. The summed E-state index contributed by atoms with van der Waals surface area (Å²) in [6.07, 6.45) is 6.30. The van der Waals surface area contributed by atoms with E-state index in [2.05, 4.69) is 15.0 Å². The van der Waals surface area contributed by atoms with E-state index in [9.17, 15) is 4.79 Å². The fourth-order valence-electron chi connectivity index (χ4n) is 2.42. The Kier molecular flexibility index (Phi) is 4.01. The molecule has 0 bridgehead atoms. The van der Waals surface area contributed by atoms with Crippen LogP contribution in [0.1, 0.15) is 28.9 Å². The summed E-state index contributed by atoms with van der Waals surface area (Å²) in [6, 6.07) is 5.68. The summed E-state index contributed by atoms with van der Waals surface area (Å²) in [5.41, 5.74) is 0.908. The molecule has 0 aliphatic carbocycles. The highest BCUT2D eigenvalue weighted by atomic mass is 16.5. The average molecular weight is 297 g/mol. The first-order valence-electron chi connectivity index (χ1n) is 7.08. The van der Waals surface area contributed by atoms with Crippen molar-refractivity contribution in [1.82, 2.24) is 19.9 Å². The number of nitrogens with one attached hydrogen (secondary N) is 1. The van der Waals surface area contributed by atoms with Gasteiger partial charge in [-0.25, -0.2) is 9.97 Å². The summed E-state index contributed by atoms with van der Waals surface area (Å²) >= 11 is 0. The van der Waals surface area contributed by atoms with Gasteiger partial charge in [0.15, 0.2) is 0 Å². The molecule has 3 heterocycles. The molecule has 1 amide bonds. The van der Waals surface area contributed by atoms with Crippen molar-refractivity contribution in [3.8, 4) is 12.1 Å². The normalized spacial score (nSPS) is 15.3. The highest BCUT2D eigenvalue weighted by molar-refractivity contribution is 5.92. The number of piperidine rings is 1. The van der Waals surface area contributed by atoms with Crippen molar-refractivity contribution in [3.05, 3.63) is 42.0 Å². The molecule has 2 aromatic heterocycles. The van der Waals surface area contributed by atoms with Gasteiger partial charge in [-0.3, -0.25) is 4.79 Å². The van der Waals surface area contributed by atoms with E-state index in [-0.39, 0.29) is 12.0 Å². The average Bonchev–Trinajstić information content (AvgIpc) is 3.05. The predicted octanol–water partition coefficient (Wildman–Crippen LogP) is 1.36. The quantitative estimate of drug-likeness (QED) is 0.923. The molecule has 112 valence electrons. The molecule has 2 aromatic rings. The van der Waals surface area contributed by atoms with Crippen LogP contribution in [0.5, 0.6) is 6.01 Å². The van der Waals surface area contributed by atoms with Gasteiger partial charge >= 0.3 is 6.01 Å². The van der Waals surface area contributed by atoms with Crippen LogP contribution < -0.4 is 4.74 Å². The molecule has 1 aliphatic rings. The molecule has 0 spiro atoms. The molecular weight excluding hydrogens is 282 g/mol. The molecule has 3 rings (SSSR count). The number of hydrogen-bond acceptors (Lipinski definition) is 5. The minimum atomic E-state index is -0.0871. The number of nitriles is 1. The van der Waals surface area contributed by atoms with Gasteiger partial charge in [0.1, 0.15) is 17.9 Å². The number of carbonyl (C=O) groups excluding carboxylic acids is 1. The number of rotatable bonds is 3. The van der Waals surface area contributed by atoms with Crippen molar-refractivity contribution in [2.45, 2.75) is 18.9 Å². The summed E-state index contributed by atoms with van der Waals surface area (Å²) in [5.74, 6) is -0.0871. The van der Waals surface area contributed by atoms with Crippen LogP contribution in [-0.4, -0.2) is 45.0 Å². The highest BCUT2D eigenvalue weighted by Crippen LogP contribution is 2.17. The van der Waals surface area contributed by atoms with Crippen LogP contribution in [0.25, 0.3) is 0 Å². The molecule has 7 heteroatoms. The molecule has 22 heavy (non-hydrogen) atoms. The zero-order valence-corrected chi connectivity index (χ0v) is 11.9. The topological polar surface area (TPSA) is 94.9 Å². The van der Waals surface area contributed by atoms with Gasteiger partial charge in [-0.05, 0) is 12.1 Å². The van der Waals surface area contributed by atoms with Gasteiger partial charge in [0.2, 0.25) is 0 Å². The van der Waals surface area contributed by atoms with Crippen molar-refractivity contribution in [3.63, 3.8) is 0 Å². The maximum Gasteiger partial charge on any atom is 0.316 e. The number of ether oxygens (including phenoxy) is 1. The number of carbonyl (C=O) groups is 1. The second-order valence-corrected chi connectivity index (χ2v) is 5.05. The lowest BCUT2D eigenvalue weighted by molar-refractivity contribution is 0.0574. The molecule has 1 N–H and O–H groups in total. The zero-order chi connectivity index (χ0) is 15.4. The molecule has 0 aromatic carbocycles. The molecule has 7 nitrogen and oxygen atoms in total. The first kappa shape index (κ1) is 14.1. The third-order valence-electron chi connectivity index (χ3n) is 3.59. The Labute approximate surface area is 127 Å². The smallest absolute Gasteiger partial charge is 0.316 e. The van der Waals surface area contributed by atoms with Crippen LogP contribution in [0, 0.1) is 11.3 Å². The van der Waals surface area contributed by atoms with E-state index in [1.54, 1.807) is 29.4 Å². The van der Waals surface area contributed by atoms with Crippen LogP contribution >= 0.6 is 0 Å². The molecule has 1 saturated heterocycles. The second kappa shape index (κ2) is 6.26. The molecule has 1 aliphatic heterocycles. The molecular formula is C15H15N5O2. The predicted molar refractivity (Wildman–Crippen MR) is 77.1 cm³/mol. The minimum absolute atomic E-state index is 0.0183. The highest BCUT2D eigenvalue weighted by Gasteiger charge is 2.25. The maximum absolute atomic E-state index is 12.3. The van der Waals surface area contributed by atoms with Gasteiger partial charge < -0.3 is 14.6 Å². The number of amides is 1. The van der Waals surface area contributed by atoms with Crippen LogP contribution in [0.15, 0.2) is 30.7 Å². The zero-order valence-electron chi connectivity index (χ0n) is 11.9. The van der Waals surface area contributed by atoms with Crippen LogP contribution in [-0.2, 0) is 0 Å². The lowest BCUT2D eigenvalue weighted by Crippen LogP contribution is -2.42. The summed E-state index contributed by atoms with van der Waals surface area (Å²) in [5, 5.41) is 8.79. The van der Waals surface area contributed by atoms with Gasteiger partial charge in [0, 0.05) is 44.5 Å². The van der Waals surface area contributed by atoms with Crippen molar-refractivity contribution in [1.29, 1.82) is 5.26 Å². The van der Waals surface area contributed by atoms with E-state index < -0.39 is 0 Å². The van der Waals surface area contributed by atoms with E-state index in [1.165, 1.54) is 6.20 Å². The van der Waals surface area contributed by atoms with Crippen LogP contribution in [0.2, 0.25) is 0 Å². The van der Waals surface area contributed by atoms with Crippen molar-refractivity contribution in [2.75, 3.05) is 13.1 Å². The second-order valence-electron chi connectivity index (χ2n) is 5.05.